The van der Waals surface area contributed by atoms with E-state index in [-0.39, 0.29) is 25.0 Å². The number of nitrogens with zero attached hydrogens (tertiary/aromatic N) is 1. The molecule has 1 aromatic rings. The standard InChI is InChI=1S/C12H12ClNO3/c13-9-3-1-2-4-10(9)17-8-7-14-11(15)5-6-12(14)16/h1-4H,5-8H2. The Morgan fingerprint density at radius 2 is 1.82 bits per heavy atom. The molecule has 0 spiro atoms. The first-order valence-corrected chi connectivity index (χ1v) is 5.77. The molecule has 1 aliphatic rings. The van der Waals surface area contributed by atoms with Crippen LogP contribution in [-0.2, 0) is 9.59 Å². The molecule has 2 amide bonds. The number of carbonyl (C=O) groups excluding carboxylic acids is 2. The minimum atomic E-state index is -0.127. The normalized spacial score (nSPS) is 15.5. The molecule has 0 aromatic heterocycles. The van der Waals surface area contributed by atoms with Crippen LogP contribution in [0.25, 0.3) is 0 Å². The number of benzene rings is 1. The summed E-state index contributed by atoms with van der Waals surface area (Å²) < 4.78 is 5.42. The molecule has 2 rings (SSSR count). The first kappa shape index (κ1) is 11.9. The lowest BCUT2D eigenvalue weighted by molar-refractivity contribution is -0.138. The number of likely N-dealkylation sites (tertiary alicyclic amines) is 1. The fourth-order valence-electron chi connectivity index (χ4n) is 1.68. The van der Waals surface area contributed by atoms with Crippen LogP contribution < -0.4 is 4.74 Å². The average Bonchev–Trinajstić information content (AvgIpc) is 2.63. The van der Waals surface area contributed by atoms with Gasteiger partial charge >= 0.3 is 0 Å². The molecule has 0 aliphatic carbocycles. The molecular formula is C12H12ClNO3. The second-order valence-electron chi connectivity index (χ2n) is 3.72. The molecule has 1 aromatic carbocycles. The Morgan fingerprint density at radius 1 is 1.18 bits per heavy atom. The highest BCUT2D eigenvalue weighted by Crippen LogP contribution is 2.23. The zero-order valence-electron chi connectivity index (χ0n) is 9.19. The zero-order valence-corrected chi connectivity index (χ0v) is 9.94. The van der Waals surface area contributed by atoms with Crippen LogP contribution in [0, 0.1) is 0 Å². The molecule has 0 unspecified atom stereocenters. The van der Waals surface area contributed by atoms with E-state index in [4.69, 9.17) is 16.3 Å². The van der Waals surface area contributed by atoms with Crippen LogP contribution in [0.1, 0.15) is 12.8 Å². The molecule has 1 fully saturated rings. The number of carbonyl (C=O) groups is 2. The third kappa shape index (κ3) is 2.77. The summed E-state index contributed by atoms with van der Waals surface area (Å²) in [6, 6.07) is 7.09. The minimum Gasteiger partial charge on any atom is -0.490 e. The lowest BCUT2D eigenvalue weighted by atomic mass is 10.3. The first-order chi connectivity index (χ1) is 8.18. The smallest absolute Gasteiger partial charge is 0.229 e. The van der Waals surface area contributed by atoms with E-state index in [2.05, 4.69) is 0 Å². The topological polar surface area (TPSA) is 46.6 Å². The maximum atomic E-state index is 11.3. The number of hydrogen-bond donors (Lipinski definition) is 0. The number of imide groups is 1. The van der Waals surface area contributed by atoms with Crippen LogP contribution in [-0.4, -0.2) is 29.9 Å². The van der Waals surface area contributed by atoms with Crippen molar-refractivity contribution < 1.29 is 14.3 Å². The van der Waals surface area contributed by atoms with E-state index in [1.165, 1.54) is 4.90 Å². The van der Waals surface area contributed by atoms with Crippen molar-refractivity contribution in [1.82, 2.24) is 4.90 Å². The molecule has 0 bridgehead atoms. The van der Waals surface area contributed by atoms with E-state index in [0.717, 1.165) is 0 Å². The predicted molar refractivity (Wildman–Crippen MR) is 62.9 cm³/mol. The van der Waals surface area contributed by atoms with Gasteiger partial charge in [0.15, 0.2) is 0 Å². The highest BCUT2D eigenvalue weighted by Gasteiger charge is 2.28. The van der Waals surface area contributed by atoms with E-state index in [0.29, 0.717) is 23.6 Å². The van der Waals surface area contributed by atoms with Crippen molar-refractivity contribution in [2.75, 3.05) is 13.2 Å². The van der Waals surface area contributed by atoms with E-state index in [1.54, 1.807) is 12.1 Å². The van der Waals surface area contributed by atoms with Crippen molar-refractivity contribution in [2.45, 2.75) is 12.8 Å². The van der Waals surface area contributed by atoms with Crippen LogP contribution in [0.4, 0.5) is 0 Å². The van der Waals surface area contributed by atoms with Gasteiger partial charge in [-0.15, -0.1) is 0 Å². The molecule has 90 valence electrons. The summed E-state index contributed by atoms with van der Waals surface area (Å²) >= 11 is 5.90. The Kier molecular flexibility index (Phi) is 3.64. The summed E-state index contributed by atoms with van der Waals surface area (Å²) in [5.41, 5.74) is 0. The average molecular weight is 254 g/mol. The molecule has 5 heteroatoms. The lowest BCUT2D eigenvalue weighted by Crippen LogP contribution is -2.33. The third-order valence-electron chi connectivity index (χ3n) is 2.56. The van der Waals surface area contributed by atoms with Crippen molar-refractivity contribution in [1.29, 1.82) is 0 Å². The molecule has 1 aliphatic heterocycles. The van der Waals surface area contributed by atoms with Gasteiger partial charge in [0.25, 0.3) is 0 Å². The molecule has 1 saturated heterocycles. The summed E-state index contributed by atoms with van der Waals surface area (Å²) in [6.45, 7) is 0.546. The van der Waals surface area contributed by atoms with E-state index in [9.17, 15) is 9.59 Å². The fourth-order valence-corrected chi connectivity index (χ4v) is 1.87. The Morgan fingerprint density at radius 3 is 2.47 bits per heavy atom. The number of hydrogen-bond acceptors (Lipinski definition) is 3. The molecule has 17 heavy (non-hydrogen) atoms. The largest absolute Gasteiger partial charge is 0.490 e. The molecule has 0 radical (unpaired) electrons. The Bertz CT molecular complexity index is 431. The van der Waals surface area contributed by atoms with E-state index in [1.807, 2.05) is 12.1 Å². The number of amides is 2. The number of rotatable bonds is 4. The fraction of sp³-hybridized carbons (Fsp3) is 0.333. The third-order valence-corrected chi connectivity index (χ3v) is 2.88. The van der Waals surface area contributed by atoms with Gasteiger partial charge < -0.3 is 4.74 Å². The Balaban J connectivity index is 1.86. The van der Waals surface area contributed by atoms with Crippen LogP contribution in [0.5, 0.6) is 5.75 Å². The Labute approximate surface area is 104 Å². The summed E-state index contributed by atoms with van der Waals surface area (Å²) in [5, 5.41) is 0.520. The maximum Gasteiger partial charge on any atom is 0.229 e. The molecular weight excluding hydrogens is 242 g/mol. The van der Waals surface area contributed by atoms with Crippen molar-refractivity contribution in [2.24, 2.45) is 0 Å². The highest BCUT2D eigenvalue weighted by atomic mass is 35.5. The second-order valence-corrected chi connectivity index (χ2v) is 4.13. The van der Waals surface area contributed by atoms with Gasteiger partial charge in [-0.2, -0.15) is 0 Å². The minimum absolute atomic E-state index is 0.127. The molecule has 0 atom stereocenters. The van der Waals surface area contributed by atoms with Gasteiger partial charge in [0.1, 0.15) is 12.4 Å². The summed E-state index contributed by atoms with van der Waals surface area (Å²) in [5.74, 6) is 0.309. The molecule has 0 saturated carbocycles. The van der Waals surface area contributed by atoms with Gasteiger partial charge in [0, 0.05) is 12.8 Å². The van der Waals surface area contributed by atoms with Gasteiger partial charge in [-0.05, 0) is 12.1 Å². The van der Waals surface area contributed by atoms with Crippen molar-refractivity contribution in [3.05, 3.63) is 29.3 Å². The first-order valence-electron chi connectivity index (χ1n) is 5.39. The van der Waals surface area contributed by atoms with E-state index >= 15 is 0 Å². The SMILES string of the molecule is O=C1CCC(=O)N1CCOc1ccccc1Cl. The van der Waals surface area contributed by atoms with Crippen molar-refractivity contribution >= 4 is 23.4 Å². The van der Waals surface area contributed by atoms with E-state index < -0.39 is 0 Å². The quantitative estimate of drug-likeness (QED) is 0.770. The Hall–Kier alpha value is -1.55. The van der Waals surface area contributed by atoms with Crippen LogP contribution in [0.15, 0.2) is 24.3 Å². The number of halogens is 1. The van der Waals surface area contributed by atoms with Crippen LogP contribution >= 0.6 is 11.6 Å². The van der Waals surface area contributed by atoms with Crippen LogP contribution in [0.3, 0.4) is 0 Å². The number of para-hydroxylation sites is 1. The van der Waals surface area contributed by atoms with Crippen molar-refractivity contribution in [3.63, 3.8) is 0 Å². The molecule has 0 N–H and O–H groups in total. The summed E-state index contributed by atoms with van der Waals surface area (Å²) in [7, 11) is 0. The monoisotopic (exact) mass is 253 g/mol. The lowest BCUT2D eigenvalue weighted by Gasteiger charge is -2.14. The van der Waals surface area contributed by atoms with Gasteiger partial charge in [0.2, 0.25) is 11.8 Å². The molecule has 4 nitrogen and oxygen atoms in total. The van der Waals surface area contributed by atoms with Crippen molar-refractivity contribution in [3.8, 4) is 5.75 Å². The summed E-state index contributed by atoms with van der Waals surface area (Å²) in [4.78, 5) is 23.9. The maximum absolute atomic E-state index is 11.3. The van der Waals surface area contributed by atoms with Gasteiger partial charge in [-0.25, -0.2) is 0 Å². The molecule has 1 heterocycles. The van der Waals surface area contributed by atoms with Gasteiger partial charge in [-0.1, -0.05) is 23.7 Å². The highest BCUT2D eigenvalue weighted by molar-refractivity contribution is 6.32. The second kappa shape index (κ2) is 5.19. The zero-order chi connectivity index (χ0) is 12.3. The predicted octanol–water partition coefficient (Wildman–Crippen LogP) is 1.87. The van der Waals surface area contributed by atoms with Crippen LogP contribution in [0.2, 0.25) is 5.02 Å². The van der Waals surface area contributed by atoms with Gasteiger partial charge in [-0.3, -0.25) is 14.5 Å². The number of ether oxygens (including phenoxy) is 1. The van der Waals surface area contributed by atoms with Gasteiger partial charge in [0.05, 0.1) is 11.6 Å². The summed E-state index contributed by atoms with van der Waals surface area (Å²) in [6.07, 6.45) is 0.621.